The van der Waals surface area contributed by atoms with E-state index in [9.17, 15) is 0 Å². The van der Waals surface area contributed by atoms with Crippen molar-refractivity contribution >= 4 is 0 Å². The van der Waals surface area contributed by atoms with Gasteiger partial charge in [0.05, 0.1) is 0 Å². The summed E-state index contributed by atoms with van der Waals surface area (Å²) in [6, 6.07) is 0. The van der Waals surface area contributed by atoms with Gasteiger partial charge in [-0.25, -0.2) is 0 Å². The summed E-state index contributed by atoms with van der Waals surface area (Å²) in [5.74, 6) is 0. The fourth-order valence-electron chi connectivity index (χ4n) is 0.492. The molecule has 2 heteroatoms. The molecular weight excluding hydrogens is 66.0 g/mol. The number of hydroxylamine groups is 2. The lowest BCUT2D eigenvalue weighted by Crippen LogP contribution is -2.10. The predicted molar refractivity (Wildman–Crippen MR) is 15.7 cm³/mol. The van der Waals surface area contributed by atoms with Crippen molar-refractivity contribution in [2.75, 3.05) is 6.54 Å². The zero-order valence-corrected chi connectivity index (χ0v) is 2.77. The van der Waals surface area contributed by atoms with Crippen LogP contribution in [0, 0.1) is 6.23 Å². The van der Waals surface area contributed by atoms with Gasteiger partial charge in [0.1, 0.15) is 0 Å². The van der Waals surface area contributed by atoms with Gasteiger partial charge in [0.25, 0.3) is 0 Å². The van der Waals surface area contributed by atoms with Crippen molar-refractivity contribution in [3.63, 3.8) is 0 Å². The molecule has 2 aliphatic heterocycles. The number of nitrogens with zero attached hydrogens (tertiary/aromatic N) is 1. The highest BCUT2D eigenvalue weighted by Crippen LogP contribution is 2.41. The SMILES string of the molecule is C1CN2O[C]12. The molecule has 2 rings (SSSR count). The summed E-state index contributed by atoms with van der Waals surface area (Å²) in [6.07, 6.45) is 2.37. The second-order valence-electron chi connectivity index (χ2n) is 1.34. The summed E-state index contributed by atoms with van der Waals surface area (Å²) >= 11 is 0. The van der Waals surface area contributed by atoms with Crippen molar-refractivity contribution in [1.82, 2.24) is 5.06 Å². The first-order chi connectivity index (χ1) is 2.47. The van der Waals surface area contributed by atoms with Crippen LogP contribution in [0.4, 0.5) is 0 Å². The van der Waals surface area contributed by atoms with E-state index in [4.69, 9.17) is 4.84 Å². The van der Waals surface area contributed by atoms with Crippen LogP contribution in [0.25, 0.3) is 0 Å². The summed E-state index contributed by atoms with van der Waals surface area (Å²) in [5, 5.41) is 1.89. The Bertz CT molecular complexity index is 51.9. The first-order valence-corrected chi connectivity index (χ1v) is 1.78. The van der Waals surface area contributed by atoms with E-state index >= 15 is 0 Å². The first-order valence-electron chi connectivity index (χ1n) is 1.78. The molecule has 0 N–H and O–H groups in total. The van der Waals surface area contributed by atoms with Crippen LogP contribution in [0.1, 0.15) is 6.42 Å². The molecule has 0 spiro atoms. The van der Waals surface area contributed by atoms with Crippen LogP contribution in [0.3, 0.4) is 0 Å². The number of rotatable bonds is 0. The maximum absolute atomic E-state index is 4.78. The molecule has 2 fully saturated rings. The minimum absolute atomic E-state index is 1.13. The van der Waals surface area contributed by atoms with Crippen molar-refractivity contribution in [1.29, 1.82) is 0 Å². The van der Waals surface area contributed by atoms with Gasteiger partial charge in [-0.15, -0.1) is 5.06 Å². The largest absolute Gasteiger partial charge is 0.267 e. The zero-order valence-electron chi connectivity index (χ0n) is 2.77. The highest BCUT2D eigenvalue weighted by molar-refractivity contribution is 4.96. The molecular formula is C3H4NO. The molecule has 5 heavy (non-hydrogen) atoms. The van der Waals surface area contributed by atoms with Crippen LogP contribution in [0.5, 0.6) is 0 Å². The third-order valence-electron chi connectivity index (χ3n) is 0.990. The average molecular weight is 70.1 g/mol. The maximum atomic E-state index is 4.78. The average Bonchev–Trinajstić information content (AvgIpc) is 1.74. The minimum atomic E-state index is 1.13. The number of fused-ring (bicyclic) bond motifs is 1. The topological polar surface area (TPSA) is 15.5 Å². The van der Waals surface area contributed by atoms with Crippen LogP contribution in [-0.2, 0) is 4.84 Å². The minimum Gasteiger partial charge on any atom is -0.267 e. The third-order valence-corrected chi connectivity index (χ3v) is 0.990. The predicted octanol–water partition coefficient (Wildman–Crippen LogP) is 0.127. The summed E-state index contributed by atoms with van der Waals surface area (Å²) in [7, 11) is 0. The molecule has 0 bridgehead atoms. The molecule has 1 atom stereocenters. The van der Waals surface area contributed by atoms with Gasteiger partial charge in [0, 0.05) is 13.0 Å². The Morgan fingerprint density at radius 3 is 2.60 bits per heavy atom. The second kappa shape index (κ2) is 0.420. The molecule has 2 nitrogen and oxygen atoms in total. The Balaban J connectivity index is 2.19. The van der Waals surface area contributed by atoms with E-state index in [-0.39, 0.29) is 0 Å². The van der Waals surface area contributed by atoms with Gasteiger partial charge in [0.2, 0.25) is 6.23 Å². The Morgan fingerprint density at radius 2 is 2.60 bits per heavy atom. The van der Waals surface area contributed by atoms with Crippen LogP contribution in [0.15, 0.2) is 0 Å². The van der Waals surface area contributed by atoms with Gasteiger partial charge in [-0.05, 0) is 0 Å². The van der Waals surface area contributed by atoms with E-state index in [1.807, 2.05) is 5.06 Å². The molecule has 1 radical (unpaired) electrons. The normalized spacial score (nSPS) is 46.8. The van der Waals surface area contributed by atoms with Crippen LogP contribution in [0.2, 0.25) is 0 Å². The summed E-state index contributed by atoms with van der Waals surface area (Å²) < 4.78 is 0. The van der Waals surface area contributed by atoms with Crippen LogP contribution >= 0.6 is 0 Å². The van der Waals surface area contributed by atoms with Gasteiger partial charge in [0.15, 0.2) is 0 Å². The third kappa shape index (κ3) is 0.121. The molecule has 0 aliphatic carbocycles. The Morgan fingerprint density at radius 1 is 1.80 bits per heavy atom. The van der Waals surface area contributed by atoms with Crippen molar-refractivity contribution in [3.05, 3.63) is 6.23 Å². The molecule has 2 saturated heterocycles. The van der Waals surface area contributed by atoms with E-state index in [1.165, 1.54) is 12.6 Å². The van der Waals surface area contributed by atoms with Gasteiger partial charge < -0.3 is 0 Å². The van der Waals surface area contributed by atoms with Gasteiger partial charge in [-0.1, -0.05) is 0 Å². The molecule has 2 heterocycles. The molecule has 27 valence electrons. The Hall–Kier alpha value is -0.0800. The number of hydrogen-bond donors (Lipinski definition) is 0. The van der Waals surface area contributed by atoms with Crippen molar-refractivity contribution in [3.8, 4) is 0 Å². The van der Waals surface area contributed by atoms with Gasteiger partial charge in [-0.2, -0.15) is 0 Å². The Labute approximate surface area is 30.3 Å². The van der Waals surface area contributed by atoms with Crippen molar-refractivity contribution < 1.29 is 4.84 Å². The molecule has 0 aromatic carbocycles. The maximum Gasteiger partial charge on any atom is 0.212 e. The van der Waals surface area contributed by atoms with E-state index in [0.717, 1.165) is 6.54 Å². The fourth-order valence-corrected chi connectivity index (χ4v) is 0.492. The zero-order chi connectivity index (χ0) is 3.28. The summed E-state index contributed by atoms with van der Waals surface area (Å²) in [6.45, 7) is 1.13. The number of hydrogen-bond acceptors (Lipinski definition) is 2. The summed E-state index contributed by atoms with van der Waals surface area (Å²) in [5.41, 5.74) is 0. The van der Waals surface area contributed by atoms with Crippen LogP contribution in [-0.4, -0.2) is 11.6 Å². The highest BCUT2D eigenvalue weighted by atomic mass is 16.8. The Kier molecular flexibility index (Phi) is 0.181. The van der Waals surface area contributed by atoms with Crippen LogP contribution < -0.4 is 0 Å². The molecule has 0 amide bonds. The lowest BCUT2D eigenvalue weighted by Gasteiger charge is -1.98. The summed E-state index contributed by atoms with van der Waals surface area (Å²) in [4.78, 5) is 4.78. The van der Waals surface area contributed by atoms with E-state index < -0.39 is 0 Å². The smallest absolute Gasteiger partial charge is 0.212 e. The van der Waals surface area contributed by atoms with E-state index in [1.54, 1.807) is 0 Å². The second-order valence-corrected chi connectivity index (χ2v) is 1.34. The molecule has 0 aromatic heterocycles. The van der Waals surface area contributed by atoms with Gasteiger partial charge >= 0.3 is 0 Å². The van der Waals surface area contributed by atoms with E-state index in [0.29, 0.717) is 0 Å². The highest BCUT2D eigenvalue weighted by Gasteiger charge is 2.47. The van der Waals surface area contributed by atoms with Crippen molar-refractivity contribution in [2.24, 2.45) is 0 Å². The molecule has 0 saturated carbocycles. The fraction of sp³-hybridized carbons (Fsp3) is 0.667. The monoisotopic (exact) mass is 70.0 g/mol. The molecule has 1 unspecified atom stereocenters. The van der Waals surface area contributed by atoms with Crippen molar-refractivity contribution in [2.45, 2.75) is 6.42 Å². The lowest BCUT2D eigenvalue weighted by molar-refractivity contribution is 0.214. The standard InChI is InChI=1S/C3H4NO/c1-2-4-3(1)5-4/h1-2H2. The molecule has 0 aromatic rings. The van der Waals surface area contributed by atoms with E-state index in [2.05, 4.69) is 0 Å². The van der Waals surface area contributed by atoms with Gasteiger partial charge in [-0.3, -0.25) is 4.84 Å². The lowest BCUT2D eigenvalue weighted by atomic mass is 10.3. The molecule has 2 aliphatic rings. The first kappa shape index (κ1) is 2.16. The quantitative estimate of drug-likeness (QED) is 0.376.